The first-order valence-corrected chi connectivity index (χ1v) is 7.76. The molecule has 1 aliphatic heterocycles. The van der Waals surface area contributed by atoms with Crippen molar-refractivity contribution in [3.63, 3.8) is 0 Å². The number of hydrogen-bond donors (Lipinski definition) is 2. The first kappa shape index (κ1) is 13.9. The lowest BCUT2D eigenvalue weighted by Crippen LogP contribution is -2.17. The third kappa shape index (κ3) is 2.33. The standard InChI is InChI=1S/C14H12Cl2N2OS/c1-17-13(14-9(15)2-3-20-14)8-4-7-5-12(19)18-11(7)6-10(8)16/h2-4,6,13,17H,5H2,1H3,(H,18,19). The van der Waals surface area contributed by atoms with E-state index in [0.717, 1.165) is 26.7 Å². The molecule has 2 aromatic rings. The second-order valence-corrected chi connectivity index (χ2v) is 6.37. The summed E-state index contributed by atoms with van der Waals surface area (Å²) >= 11 is 14.2. The van der Waals surface area contributed by atoms with Gasteiger partial charge in [-0.1, -0.05) is 23.2 Å². The molecule has 1 atom stereocenters. The summed E-state index contributed by atoms with van der Waals surface area (Å²) in [5.41, 5.74) is 2.71. The Balaban J connectivity index is 2.07. The SMILES string of the molecule is CNC(c1cc2c(cc1Cl)NC(=O)C2)c1sccc1Cl. The van der Waals surface area contributed by atoms with Gasteiger partial charge in [-0.2, -0.15) is 0 Å². The molecule has 0 radical (unpaired) electrons. The number of nitrogens with one attached hydrogen (secondary N) is 2. The zero-order valence-corrected chi connectivity index (χ0v) is 13.0. The Morgan fingerprint density at radius 3 is 2.80 bits per heavy atom. The summed E-state index contributed by atoms with van der Waals surface area (Å²) < 4.78 is 0. The molecule has 1 aromatic heterocycles. The Labute approximate surface area is 130 Å². The third-order valence-corrected chi connectivity index (χ3v) is 5.10. The van der Waals surface area contributed by atoms with Crippen LogP contribution in [0.5, 0.6) is 0 Å². The van der Waals surface area contributed by atoms with E-state index in [2.05, 4.69) is 10.6 Å². The molecule has 2 N–H and O–H groups in total. The molecule has 1 aliphatic rings. The van der Waals surface area contributed by atoms with Crippen molar-refractivity contribution in [2.45, 2.75) is 12.5 Å². The molecule has 0 saturated carbocycles. The molecular weight excluding hydrogens is 315 g/mol. The highest BCUT2D eigenvalue weighted by Crippen LogP contribution is 2.38. The molecule has 0 spiro atoms. The Morgan fingerprint density at radius 1 is 1.35 bits per heavy atom. The fourth-order valence-electron chi connectivity index (χ4n) is 2.43. The van der Waals surface area contributed by atoms with Crippen LogP contribution in [0, 0.1) is 0 Å². The van der Waals surface area contributed by atoms with E-state index in [4.69, 9.17) is 23.2 Å². The van der Waals surface area contributed by atoms with Crippen LogP contribution in [0.4, 0.5) is 5.69 Å². The zero-order valence-electron chi connectivity index (χ0n) is 10.7. The van der Waals surface area contributed by atoms with Crippen molar-refractivity contribution >= 4 is 46.1 Å². The molecule has 20 heavy (non-hydrogen) atoms. The van der Waals surface area contributed by atoms with Crippen LogP contribution in [0.2, 0.25) is 10.0 Å². The lowest BCUT2D eigenvalue weighted by molar-refractivity contribution is -0.115. The Hall–Kier alpha value is -1.07. The maximum Gasteiger partial charge on any atom is 0.228 e. The molecular formula is C14H12Cl2N2OS. The summed E-state index contributed by atoms with van der Waals surface area (Å²) in [7, 11) is 1.87. The number of amides is 1. The highest BCUT2D eigenvalue weighted by Gasteiger charge is 2.24. The van der Waals surface area contributed by atoms with Crippen molar-refractivity contribution < 1.29 is 4.79 Å². The maximum atomic E-state index is 11.5. The number of carbonyl (C=O) groups is 1. The highest BCUT2D eigenvalue weighted by atomic mass is 35.5. The third-order valence-electron chi connectivity index (χ3n) is 3.35. The number of anilines is 1. The van der Waals surface area contributed by atoms with Gasteiger partial charge < -0.3 is 10.6 Å². The van der Waals surface area contributed by atoms with Gasteiger partial charge in [-0.3, -0.25) is 4.79 Å². The van der Waals surface area contributed by atoms with E-state index < -0.39 is 0 Å². The number of benzene rings is 1. The molecule has 1 amide bonds. The molecule has 1 aromatic carbocycles. The van der Waals surface area contributed by atoms with Gasteiger partial charge in [-0.05, 0) is 41.8 Å². The second kappa shape index (κ2) is 5.37. The van der Waals surface area contributed by atoms with E-state index in [0.29, 0.717) is 11.4 Å². The van der Waals surface area contributed by atoms with Crippen molar-refractivity contribution in [2.24, 2.45) is 0 Å². The van der Waals surface area contributed by atoms with Crippen LogP contribution in [0.1, 0.15) is 22.0 Å². The Morgan fingerprint density at radius 2 is 2.15 bits per heavy atom. The number of hydrogen-bond acceptors (Lipinski definition) is 3. The van der Waals surface area contributed by atoms with Crippen LogP contribution in [0.15, 0.2) is 23.6 Å². The van der Waals surface area contributed by atoms with Crippen LogP contribution in [0.25, 0.3) is 0 Å². The van der Waals surface area contributed by atoms with Gasteiger partial charge in [-0.15, -0.1) is 11.3 Å². The maximum absolute atomic E-state index is 11.5. The fourth-order valence-corrected chi connectivity index (χ4v) is 3.99. The molecule has 0 aliphatic carbocycles. The van der Waals surface area contributed by atoms with E-state index in [1.807, 2.05) is 30.6 Å². The predicted octanol–water partition coefficient (Wildman–Crippen LogP) is 3.86. The molecule has 3 nitrogen and oxygen atoms in total. The summed E-state index contributed by atoms with van der Waals surface area (Å²) in [5.74, 6) is 0.00313. The quantitative estimate of drug-likeness (QED) is 0.899. The van der Waals surface area contributed by atoms with Gasteiger partial charge in [0.05, 0.1) is 17.5 Å². The average molecular weight is 327 g/mol. The lowest BCUT2D eigenvalue weighted by atomic mass is 10.0. The van der Waals surface area contributed by atoms with E-state index in [-0.39, 0.29) is 11.9 Å². The van der Waals surface area contributed by atoms with Crippen molar-refractivity contribution in [1.29, 1.82) is 0 Å². The predicted molar refractivity (Wildman–Crippen MR) is 84.0 cm³/mol. The highest BCUT2D eigenvalue weighted by molar-refractivity contribution is 7.10. The van der Waals surface area contributed by atoms with E-state index in [1.165, 1.54) is 0 Å². The normalized spacial score (nSPS) is 15.1. The van der Waals surface area contributed by atoms with Crippen LogP contribution >= 0.6 is 34.5 Å². The van der Waals surface area contributed by atoms with Gasteiger partial charge in [-0.25, -0.2) is 0 Å². The van der Waals surface area contributed by atoms with Gasteiger partial charge in [0.25, 0.3) is 0 Å². The largest absolute Gasteiger partial charge is 0.325 e. The smallest absolute Gasteiger partial charge is 0.228 e. The van der Waals surface area contributed by atoms with Gasteiger partial charge >= 0.3 is 0 Å². The molecule has 2 heterocycles. The van der Waals surface area contributed by atoms with Crippen LogP contribution in [0.3, 0.4) is 0 Å². The Kier molecular flexibility index (Phi) is 3.73. The van der Waals surface area contributed by atoms with Gasteiger partial charge in [0.15, 0.2) is 0 Å². The van der Waals surface area contributed by atoms with E-state index in [1.54, 1.807) is 11.3 Å². The summed E-state index contributed by atoms with van der Waals surface area (Å²) in [5, 5.41) is 9.34. The van der Waals surface area contributed by atoms with Crippen molar-refractivity contribution in [3.8, 4) is 0 Å². The molecule has 3 rings (SSSR count). The zero-order chi connectivity index (χ0) is 14.3. The molecule has 0 saturated heterocycles. The van der Waals surface area contributed by atoms with Crippen molar-refractivity contribution in [1.82, 2.24) is 5.32 Å². The number of fused-ring (bicyclic) bond motifs is 1. The number of rotatable bonds is 3. The van der Waals surface area contributed by atoms with Crippen LogP contribution in [-0.4, -0.2) is 13.0 Å². The monoisotopic (exact) mass is 326 g/mol. The lowest BCUT2D eigenvalue weighted by Gasteiger charge is -2.18. The van der Waals surface area contributed by atoms with Crippen molar-refractivity contribution in [3.05, 3.63) is 49.6 Å². The van der Waals surface area contributed by atoms with Crippen LogP contribution < -0.4 is 10.6 Å². The minimum absolute atomic E-state index is 0.00313. The summed E-state index contributed by atoms with van der Waals surface area (Å²) in [6.45, 7) is 0. The summed E-state index contributed by atoms with van der Waals surface area (Å²) in [6, 6.07) is 5.59. The van der Waals surface area contributed by atoms with Crippen LogP contribution in [-0.2, 0) is 11.2 Å². The summed E-state index contributed by atoms with van der Waals surface area (Å²) in [4.78, 5) is 12.5. The minimum Gasteiger partial charge on any atom is -0.325 e. The fraction of sp³-hybridized carbons (Fsp3) is 0.214. The number of thiophene rings is 1. The molecule has 1 unspecified atom stereocenters. The van der Waals surface area contributed by atoms with Crippen molar-refractivity contribution in [2.75, 3.05) is 12.4 Å². The minimum atomic E-state index is -0.0731. The second-order valence-electron chi connectivity index (χ2n) is 4.61. The molecule has 0 bridgehead atoms. The number of carbonyl (C=O) groups excluding carboxylic acids is 1. The molecule has 0 fully saturated rings. The molecule has 104 valence electrons. The topological polar surface area (TPSA) is 41.1 Å². The first-order valence-electron chi connectivity index (χ1n) is 6.12. The van der Waals surface area contributed by atoms with Gasteiger partial charge in [0.1, 0.15) is 0 Å². The van der Waals surface area contributed by atoms with Gasteiger partial charge in [0.2, 0.25) is 5.91 Å². The van der Waals surface area contributed by atoms with E-state index in [9.17, 15) is 4.79 Å². The first-order chi connectivity index (χ1) is 9.60. The summed E-state index contributed by atoms with van der Waals surface area (Å²) in [6.07, 6.45) is 0.397. The Bertz CT molecular complexity index is 684. The average Bonchev–Trinajstić information content (AvgIpc) is 2.96. The van der Waals surface area contributed by atoms with Gasteiger partial charge in [0, 0.05) is 15.6 Å². The van der Waals surface area contributed by atoms with E-state index >= 15 is 0 Å². The molecule has 6 heteroatoms. The number of halogens is 2.